The van der Waals surface area contributed by atoms with Crippen molar-refractivity contribution in [3.8, 4) is 11.8 Å². The molecule has 0 aromatic heterocycles. The van der Waals surface area contributed by atoms with Crippen molar-refractivity contribution in [3.63, 3.8) is 0 Å². The zero-order valence-corrected chi connectivity index (χ0v) is 15.0. The molecule has 0 atom stereocenters. The summed E-state index contributed by atoms with van der Waals surface area (Å²) in [5.41, 5.74) is 1.34. The van der Waals surface area contributed by atoms with Crippen LogP contribution < -0.4 is 0 Å². The van der Waals surface area contributed by atoms with Crippen molar-refractivity contribution in [2.45, 2.75) is 116 Å². The summed E-state index contributed by atoms with van der Waals surface area (Å²) in [7, 11) is 0. The molecule has 0 aromatic carbocycles. The first kappa shape index (κ1) is 17.7. The molecule has 0 bridgehead atoms. The molecule has 0 unspecified atom stereocenters. The van der Waals surface area contributed by atoms with Gasteiger partial charge >= 0.3 is 0 Å². The Hall–Kier alpha value is -0.700. The summed E-state index contributed by atoms with van der Waals surface area (Å²) in [6, 6.07) is 0.644. The predicted octanol–water partition coefficient (Wildman–Crippen LogP) is 7.58. The molecule has 1 aliphatic carbocycles. The first-order valence-corrected chi connectivity index (χ1v) is 10.0. The van der Waals surface area contributed by atoms with Crippen molar-refractivity contribution in [1.29, 1.82) is 0 Å². The largest absolute Gasteiger partial charge is 0.0985 e. The summed E-state index contributed by atoms with van der Waals surface area (Å²) in [5.74, 6) is 6.33. The summed E-state index contributed by atoms with van der Waals surface area (Å²) < 4.78 is 8.31. The van der Waals surface area contributed by atoms with Crippen molar-refractivity contribution in [2.75, 3.05) is 0 Å². The highest BCUT2D eigenvalue weighted by atomic mass is 14.1. The minimum Gasteiger partial charge on any atom is -0.0985 e. The maximum absolute atomic E-state index is 8.31. The van der Waals surface area contributed by atoms with Gasteiger partial charge in [0.2, 0.25) is 0 Å². The molecule has 0 aromatic rings. The summed E-state index contributed by atoms with van der Waals surface area (Å²) in [4.78, 5) is 0. The van der Waals surface area contributed by atoms with Gasteiger partial charge in [0.1, 0.15) is 0 Å². The predicted molar refractivity (Wildman–Crippen MR) is 100 cm³/mol. The molecule has 0 amide bonds. The maximum atomic E-state index is 8.31. The van der Waals surface area contributed by atoms with Crippen LogP contribution in [0, 0.1) is 11.8 Å². The van der Waals surface area contributed by atoms with Gasteiger partial charge < -0.3 is 0 Å². The van der Waals surface area contributed by atoms with Crippen LogP contribution in [0.1, 0.15) is 117 Å². The Kier molecular flexibility index (Phi) is 12.2. The minimum atomic E-state index is 0.644. The third-order valence-electron chi connectivity index (χ3n) is 4.69. The van der Waals surface area contributed by atoms with Crippen molar-refractivity contribution in [1.82, 2.24) is 0 Å². The van der Waals surface area contributed by atoms with Crippen LogP contribution in [0.5, 0.6) is 0 Å². The van der Waals surface area contributed by atoms with Gasteiger partial charge in [-0.05, 0) is 38.2 Å². The first-order valence-electron chi connectivity index (χ1n) is 10.5. The second kappa shape index (κ2) is 15.2. The van der Waals surface area contributed by atoms with Crippen LogP contribution in [0.25, 0.3) is 0 Å². The molecule has 0 nitrogen and oxygen atoms in total. The SMILES string of the molecule is [2H]C(C#CCCCC)=C1CCCCCCCCCCCCCC1. The van der Waals surface area contributed by atoms with Gasteiger partial charge in [-0.1, -0.05) is 95.0 Å². The first-order chi connectivity index (χ1) is 11.3. The highest BCUT2D eigenvalue weighted by molar-refractivity contribution is 5.21. The third kappa shape index (κ3) is 11.9. The zero-order valence-electron chi connectivity index (χ0n) is 16.0. The van der Waals surface area contributed by atoms with Gasteiger partial charge in [-0.25, -0.2) is 0 Å². The molecular weight excluding hydrogens is 264 g/mol. The molecule has 1 rings (SSSR count). The summed E-state index contributed by atoms with van der Waals surface area (Å²) in [5, 5.41) is 0. The number of rotatable bonds is 2. The highest BCUT2D eigenvalue weighted by Crippen LogP contribution is 2.19. The fraction of sp³-hybridized carbons (Fsp3) is 0.818. The van der Waals surface area contributed by atoms with Crippen molar-refractivity contribution >= 4 is 0 Å². The molecule has 0 spiro atoms. The fourth-order valence-corrected chi connectivity index (χ4v) is 3.15. The topological polar surface area (TPSA) is 0 Å². The van der Waals surface area contributed by atoms with Crippen molar-refractivity contribution < 1.29 is 1.37 Å². The molecule has 0 N–H and O–H groups in total. The van der Waals surface area contributed by atoms with Crippen LogP contribution in [-0.4, -0.2) is 0 Å². The second-order valence-corrected chi connectivity index (χ2v) is 6.88. The van der Waals surface area contributed by atoms with E-state index in [1.54, 1.807) is 0 Å². The molecule has 0 saturated heterocycles. The van der Waals surface area contributed by atoms with E-state index in [-0.39, 0.29) is 0 Å². The Morgan fingerprint density at radius 3 is 1.73 bits per heavy atom. The van der Waals surface area contributed by atoms with E-state index < -0.39 is 0 Å². The Bertz CT molecular complexity index is 351. The van der Waals surface area contributed by atoms with Crippen LogP contribution >= 0.6 is 0 Å². The second-order valence-electron chi connectivity index (χ2n) is 6.88. The van der Waals surface area contributed by atoms with E-state index in [4.69, 9.17) is 1.37 Å². The lowest BCUT2D eigenvalue weighted by Gasteiger charge is -2.06. The molecule has 1 saturated carbocycles. The van der Waals surface area contributed by atoms with Gasteiger partial charge in [0, 0.05) is 6.42 Å². The molecular formula is C22H38. The van der Waals surface area contributed by atoms with Crippen LogP contribution in [0.15, 0.2) is 11.6 Å². The Balaban J connectivity index is 2.51. The average molecular weight is 304 g/mol. The molecule has 1 fully saturated rings. The smallest absolute Gasteiger partial charge is 0.0720 e. The molecule has 0 radical (unpaired) electrons. The lowest BCUT2D eigenvalue weighted by atomic mass is 10.00. The van der Waals surface area contributed by atoms with Gasteiger partial charge in [0.05, 0.1) is 1.37 Å². The van der Waals surface area contributed by atoms with Gasteiger partial charge in [0.25, 0.3) is 0 Å². The van der Waals surface area contributed by atoms with E-state index in [0.29, 0.717) is 6.05 Å². The summed E-state index contributed by atoms with van der Waals surface area (Å²) in [6.07, 6.45) is 22.0. The minimum absolute atomic E-state index is 0.644. The van der Waals surface area contributed by atoms with Gasteiger partial charge in [0.15, 0.2) is 0 Å². The molecule has 0 aliphatic heterocycles. The highest BCUT2D eigenvalue weighted by Gasteiger charge is 2.00. The summed E-state index contributed by atoms with van der Waals surface area (Å²) >= 11 is 0. The summed E-state index contributed by atoms with van der Waals surface area (Å²) in [6.45, 7) is 2.20. The van der Waals surface area contributed by atoms with Crippen LogP contribution in [0.4, 0.5) is 0 Å². The van der Waals surface area contributed by atoms with Crippen LogP contribution in [0.2, 0.25) is 0 Å². The zero-order chi connectivity index (χ0) is 16.6. The molecule has 1 aliphatic rings. The number of hydrogen-bond acceptors (Lipinski definition) is 0. The monoisotopic (exact) mass is 303 g/mol. The molecule has 0 heteroatoms. The Morgan fingerprint density at radius 1 is 0.818 bits per heavy atom. The van der Waals surface area contributed by atoms with E-state index in [2.05, 4.69) is 18.8 Å². The van der Waals surface area contributed by atoms with Gasteiger partial charge in [-0.2, -0.15) is 0 Å². The van der Waals surface area contributed by atoms with Crippen LogP contribution in [0.3, 0.4) is 0 Å². The van der Waals surface area contributed by atoms with E-state index in [1.165, 1.54) is 89.0 Å². The van der Waals surface area contributed by atoms with Gasteiger partial charge in [-0.3, -0.25) is 0 Å². The van der Waals surface area contributed by atoms with E-state index in [0.717, 1.165) is 25.7 Å². The third-order valence-corrected chi connectivity index (χ3v) is 4.69. The Labute approximate surface area is 141 Å². The molecule has 22 heavy (non-hydrogen) atoms. The lowest BCUT2D eigenvalue weighted by Crippen LogP contribution is -1.87. The van der Waals surface area contributed by atoms with Crippen molar-refractivity contribution in [2.24, 2.45) is 0 Å². The normalized spacial score (nSPS) is 20.0. The fourth-order valence-electron chi connectivity index (χ4n) is 3.15. The van der Waals surface area contributed by atoms with E-state index in [9.17, 15) is 0 Å². The van der Waals surface area contributed by atoms with Crippen molar-refractivity contribution in [3.05, 3.63) is 11.6 Å². The average Bonchev–Trinajstić information content (AvgIpc) is 2.57. The van der Waals surface area contributed by atoms with E-state index in [1.807, 2.05) is 0 Å². The quantitative estimate of drug-likeness (QED) is 0.364. The lowest BCUT2D eigenvalue weighted by molar-refractivity contribution is 0.548. The Morgan fingerprint density at radius 2 is 1.27 bits per heavy atom. The van der Waals surface area contributed by atoms with E-state index >= 15 is 0 Å². The maximum Gasteiger partial charge on any atom is 0.0720 e. The standard InChI is InChI=1S/C22H38/c1-2-3-4-13-16-19-22-20-17-14-11-9-7-5-6-8-10-12-15-18-21-22/h19H,2-12,14-15,17-18,20-21H2,1H3/i19D. The van der Waals surface area contributed by atoms with Gasteiger partial charge in [-0.15, -0.1) is 0 Å². The number of unbranched alkanes of at least 4 members (excludes halogenated alkanes) is 2. The van der Waals surface area contributed by atoms with Crippen LogP contribution in [-0.2, 0) is 0 Å². The molecule has 0 heterocycles. The number of hydrogen-bond donors (Lipinski definition) is 0. The molecule has 126 valence electrons. The number of allylic oxidation sites excluding steroid dienone is 2.